The van der Waals surface area contributed by atoms with E-state index in [1.54, 1.807) is 0 Å². The topological polar surface area (TPSA) is 98.0 Å². The smallest absolute Gasteiger partial charge is 0.336 e. The highest BCUT2D eigenvalue weighted by atomic mass is 16.4. The predicted octanol–water partition coefficient (Wildman–Crippen LogP) is 0.719. The Hall–Kier alpha value is -1.75. The van der Waals surface area contributed by atoms with E-state index in [9.17, 15) is 15.0 Å². The van der Waals surface area contributed by atoms with Gasteiger partial charge in [-0.05, 0) is 19.1 Å². The number of hydrogen-bond acceptors (Lipinski definition) is 4. The van der Waals surface area contributed by atoms with Crippen LogP contribution < -0.4 is 0 Å². The van der Waals surface area contributed by atoms with Crippen LogP contribution in [0.2, 0.25) is 0 Å². The van der Waals surface area contributed by atoms with Crippen molar-refractivity contribution >= 4 is 5.97 Å². The molecule has 1 unspecified atom stereocenters. The Kier molecular flexibility index (Phi) is 3.16. The molecule has 0 aliphatic carbocycles. The van der Waals surface area contributed by atoms with E-state index in [-0.39, 0.29) is 17.5 Å². The summed E-state index contributed by atoms with van der Waals surface area (Å²) in [4.78, 5) is 10.8. The maximum Gasteiger partial charge on any atom is 0.336 e. The maximum atomic E-state index is 10.8. The van der Waals surface area contributed by atoms with Gasteiger partial charge in [0.1, 0.15) is 0 Å². The minimum atomic E-state index is -1.21. The molecule has 0 heterocycles. The van der Waals surface area contributed by atoms with Crippen LogP contribution >= 0.6 is 0 Å². The summed E-state index contributed by atoms with van der Waals surface area (Å²) in [6.07, 6.45) is -0.821. The standard InChI is InChI=1S/C10H12O5/c1-5(11)4-7-6(10(14)15)2-3-8(12)9(7)13/h2-3,5,11-13H,4H2,1H3,(H,14,15). The van der Waals surface area contributed by atoms with Crippen molar-refractivity contribution in [2.75, 3.05) is 0 Å². The third-order valence-electron chi connectivity index (χ3n) is 1.99. The van der Waals surface area contributed by atoms with Crippen LogP contribution in [0.3, 0.4) is 0 Å². The molecule has 4 N–H and O–H groups in total. The molecule has 1 aromatic rings. The summed E-state index contributed by atoms with van der Waals surface area (Å²) < 4.78 is 0. The predicted molar refractivity (Wildman–Crippen MR) is 52.1 cm³/mol. The molecule has 0 aliphatic heterocycles. The number of carboxylic acids is 1. The summed E-state index contributed by atoms with van der Waals surface area (Å²) in [5.74, 6) is -2.09. The summed E-state index contributed by atoms with van der Waals surface area (Å²) in [5.41, 5.74) is -0.0799. The number of aromatic carboxylic acids is 1. The van der Waals surface area contributed by atoms with E-state index in [4.69, 9.17) is 10.2 Å². The lowest BCUT2D eigenvalue weighted by Crippen LogP contribution is -2.10. The van der Waals surface area contributed by atoms with Gasteiger partial charge in [-0.1, -0.05) is 0 Å². The largest absolute Gasteiger partial charge is 0.504 e. The van der Waals surface area contributed by atoms with E-state index >= 15 is 0 Å². The van der Waals surface area contributed by atoms with Crippen LogP contribution in [0, 0.1) is 0 Å². The van der Waals surface area contributed by atoms with Gasteiger partial charge in [-0.3, -0.25) is 0 Å². The Morgan fingerprint density at radius 3 is 2.47 bits per heavy atom. The van der Waals surface area contributed by atoms with Crippen molar-refractivity contribution in [3.63, 3.8) is 0 Å². The molecular weight excluding hydrogens is 200 g/mol. The van der Waals surface area contributed by atoms with Crippen molar-refractivity contribution in [1.82, 2.24) is 0 Å². The average Bonchev–Trinajstić information content (AvgIpc) is 2.12. The highest BCUT2D eigenvalue weighted by molar-refractivity contribution is 5.90. The van der Waals surface area contributed by atoms with Gasteiger partial charge in [-0.25, -0.2) is 4.79 Å². The van der Waals surface area contributed by atoms with Gasteiger partial charge in [0.05, 0.1) is 11.7 Å². The minimum Gasteiger partial charge on any atom is -0.504 e. The lowest BCUT2D eigenvalue weighted by molar-refractivity contribution is 0.0694. The van der Waals surface area contributed by atoms with E-state index in [1.807, 2.05) is 0 Å². The second-order valence-electron chi connectivity index (χ2n) is 3.32. The third-order valence-corrected chi connectivity index (χ3v) is 1.99. The van der Waals surface area contributed by atoms with Crippen LogP contribution in [0.5, 0.6) is 11.5 Å². The molecule has 1 rings (SSSR count). The van der Waals surface area contributed by atoms with Gasteiger partial charge in [-0.15, -0.1) is 0 Å². The first kappa shape index (κ1) is 11.3. The molecule has 5 heteroatoms. The number of aliphatic hydroxyl groups excluding tert-OH is 1. The van der Waals surface area contributed by atoms with E-state index < -0.39 is 23.6 Å². The molecule has 0 radical (unpaired) electrons. The molecule has 0 saturated heterocycles. The van der Waals surface area contributed by atoms with Crippen LogP contribution in [0.15, 0.2) is 12.1 Å². The van der Waals surface area contributed by atoms with Gasteiger partial charge in [-0.2, -0.15) is 0 Å². The Balaban J connectivity index is 3.28. The Morgan fingerprint density at radius 2 is 2.00 bits per heavy atom. The fourth-order valence-electron chi connectivity index (χ4n) is 1.33. The molecule has 0 aromatic heterocycles. The first-order valence-electron chi connectivity index (χ1n) is 4.38. The van der Waals surface area contributed by atoms with Crippen LogP contribution in [0.25, 0.3) is 0 Å². The second kappa shape index (κ2) is 4.18. The van der Waals surface area contributed by atoms with Crippen molar-refractivity contribution < 1.29 is 25.2 Å². The number of hydrogen-bond donors (Lipinski definition) is 4. The van der Waals surface area contributed by atoms with Gasteiger partial charge in [0.15, 0.2) is 11.5 Å². The molecule has 82 valence electrons. The van der Waals surface area contributed by atoms with Crippen molar-refractivity contribution in [3.05, 3.63) is 23.3 Å². The van der Waals surface area contributed by atoms with Gasteiger partial charge in [0.25, 0.3) is 0 Å². The van der Waals surface area contributed by atoms with Crippen LogP contribution in [0.4, 0.5) is 0 Å². The molecule has 0 bridgehead atoms. The zero-order valence-corrected chi connectivity index (χ0v) is 8.14. The number of carbonyl (C=O) groups is 1. The molecule has 0 saturated carbocycles. The number of carboxylic acid groups (broad SMARTS) is 1. The summed E-state index contributed by atoms with van der Waals surface area (Å²) >= 11 is 0. The molecule has 0 amide bonds. The first-order valence-corrected chi connectivity index (χ1v) is 4.38. The second-order valence-corrected chi connectivity index (χ2v) is 3.32. The maximum absolute atomic E-state index is 10.8. The monoisotopic (exact) mass is 212 g/mol. The van der Waals surface area contributed by atoms with Crippen LogP contribution in [-0.2, 0) is 6.42 Å². The van der Waals surface area contributed by atoms with Crippen molar-refractivity contribution in [2.45, 2.75) is 19.4 Å². The molecular formula is C10H12O5. The zero-order valence-electron chi connectivity index (χ0n) is 8.14. The molecule has 0 aliphatic rings. The molecule has 1 atom stereocenters. The molecule has 0 fully saturated rings. The van der Waals surface area contributed by atoms with Gasteiger partial charge >= 0.3 is 5.97 Å². The normalized spacial score (nSPS) is 12.4. The highest BCUT2D eigenvalue weighted by Crippen LogP contribution is 2.32. The number of rotatable bonds is 3. The van der Waals surface area contributed by atoms with Gasteiger partial charge in [0.2, 0.25) is 0 Å². The van der Waals surface area contributed by atoms with E-state index in [0.29, 0.717) is 0 Å². The number of aliphatic hydroxyl groups is 1. The zero-order chi connectivity index (χ0) is 11.6. The van der Waals surface area contributed by atoms with Crippen molar-refractivity contribution in [3.8, 4) is 11.5 Å². The third kappa shape index (κ3) is 2.38. The molecule has 5 nitrogen and oxygen atoms in total. The Morgan fingerprint density at radius 1 is 1.40 bits per heavy atom. The van der Waals surface area contributed by atoms with Gasteiger partial charge < -0.3 is 20.4 Å². The number of phenols is 2. The highest BCUT2D eigenvalue weighted by Gasteiger charge is 2.18. The van der Waals surface area contributed by atoms with Crippen LogP contribution in [0.1, 0.15) is 22.8 Å². The summed E-state index contributed by atoms with van der Waals surface area (Å²) in [6, 6.07) is 2.29. The fourth-order valence-corrected chi connectivity index (χ4v) is 1.33. The average molecular weight is 212 g/mol. The number of phenolic OH excluding ortho intramolecular Hbond substituents is 2. The SMILES string of the molecule is CC(O)Cc1c(C(=O)O)ccc(O)c1O. The summed E-state index contributed by atoms with van der Waals surface area (Å²) in [5, 5.41) is 36.6. The van der Waals surface area contributed by atoms with E-state index in [1.165, 1.54) is 13.0 Å². The molecule has 1 aromatic carbocycles. The van der Waals surface area contributed by atoms with E-state index in [0.717, 1.165) is 6.07 Å². The first-order chi connectivity index (χ1) is 6.93. The number of benzene rings is 1. The van der Waals surface area contributed by atoms with E-state index in [2.05, 4.69) is 0 Å². The quantitative estimate of drug-likeness (QED) is 0.553. The minimum absolute atomic E-state index is 0.0259. The lowest BCUT2D eigenvalue weighted by atomic mass is 10.0. The number of aromatic hydroxyl groups is 2. The molecule has 0 spiro atoms. The molecule has 15 heavy (non-hydrogen) atoms. The van der Waals surface area contributed by atoms with Gasteiger partial charge in [0, 0.05) is 12.0 Å². The Labute approximate surface area is 86.2 Å². The lowest BCUT2D eigenvalue weighted by Gasteiger charge is -2.11. The summed E-state index contributed by atoms with van der Waals surface area (Å²) in [7, 11) is 0. The van der Waals surface area contributed by atoms with Crippen LogP contribution in [-0.4, -0.2) is 32.5 Å². The fraction of sp³-hybridized carbons (Fsp3) is 0.300. The summed E-state index contributed by atoms with van der Waals surface area (Å²) in [6.45, 7) is 1.47. The van der Waals surface area contributed by atoms with Crippen molar-refractivity contribution in [1.29, 1.82) is 0 Å². The van der Waals surface area contributed by atoms with Crippen molar-refractivity contribution in [2.24, 2.45) is 0 Å². The Bertz CT molecular complexity index is 384.